The fourth-order valence-electron chi connectivity index (χ4n) is 3.73. The highest BCUT2D eigenvalue weighted by molar-refractivity contribution is 7.20. The minimum Gasteiger partial charge on any atom is -0.497 e. The number of nitrogens with zero attached hydrogens (tertiary/aromatic N) is 1. The third kappa shape index (κ3) is 4.32. The van der Waals surface area contributed by atoms with Crippen LogP contribution in [0.4, 0.5) is 10.5 Å². The van der Waals surface area contributed by atoms with Gasteiger partial charge < -0.3 is 20.1 Å². The van der Waals surface area contributed by atoms with Crippen LogP contribution < -0.4 is 15.4 Å². The Labute approximate surface area is 199 Å². The van der Waals surface area contributed by atoms with Crippen molar-refractivity contribution in [1.82, 2.24) is 10.2 Å². The number of rotatable bonds is 7. The minimum absolute atomic E-state index is 0.286. The summed E-state index contributed by atoms with van der Waals surface area (Å²) in [5.41, 5.74) is -0.228. The Hall–Kier alpha value is -3.92. The molecule has 0 radical (unpaired) electrons. The summed E-state index contributed by atoms with van der Waals surface area (Å²) < 4.78 is 11.0. The molecule has 1 aromatic heterocycles. The van der Waals surface area contributed by atoms with Crippen LogP contribution in [0.5, 0.6) is 5.75 Å². The number of amides is 4. The van der Waals surface area contributed by atoms with Gasteiger partial charge in [-0.05, 0) is 61.2 Å². The first kappa shape index (κ1) is 23.2. The molecular weight excluding hydrogens is 458 g/mol. The van der Waals surface area contributed by atoms with E-state index in [1.165, 1.54) is 18.4 Å². The quantitative estimate of drug-likeness (QED) is 0.394. The molecule has 34 heavy (non-hydrogen) atoms. The number of nitrogens with one attached hydrogen (secondary N) is 2. The van der Waals surface area contributed by atoms with Crippen molar-refractivity contribution < 1.29 is 28.7 Å². The Morgan fingerprint density at radius 1 is 1.12 bits per heavy atom. The first-order valence-electron chi connectivity index (χ1n) is 10.5. The van der Waals surface area contributed by atoms with E-state index in [4.69, 9.17) is 9.47 Å². The summed E-state index contributed by atoms with van der Waals surface area (Å²) in [5.74, 6) is -0.821. The molecule has 0 aliphatic carbocycles. The van der Waals surface area contributed by atoms with E-state index in [1.54, 1.807) is 62.4 Å². The van der Waals surface area contributed by atoms with Crippen molar-refractivity contribution in [3.05, 3.63) is 59.0 Å². The molecule has 2 N–H and O–H groups in total. The van der Waals surface area contributed by atoms with E-state index in [0.717, 1.165) is 15.0 Å². The maximum absolute atomic E-state index is 13.1. The first-order valence-corrected chi connectivity index (χ1v) is 11.4. The number of fused-ring (bicyclic) bond motifs is 1. The van der Waals surface area contributed by atoms with Crippen LogP contribution in [-0.4, -0.2) is 49.0 Å². The number of methoxy groups -OCH3 is 1. The van der Waals surface area contributed by atoms with Gasteiger partial charge in [-0.25, -0.2) is 9.59 Å². The van der Waals surface area contributed by atoms with Gasteiger partial charge in [-0.1, -0.05) is 12.1 Å². The van der Waals surface area contributed by atoms with Gasteiger partial charge in [0.05, 0.1) is 13.7 Å². The molecule has 1 saturated heterocycles. The Bertz CT molecular complexity index is 1290. The molecule has 1 unspecified atom stereocenters. The van der Waals surface area contributed by atoms with E-state index in [0.29, 0.717) is 21.9 Å². The van der Waals surface area contributed by atoms with Crippen LogP contribution in [0.3, 0.4) is 0 Å². The number of ether oxygens (including phenoxy) is 2. The normalized spacial score (nSPS) is 17.6. The van der Waals surface area contributed by atoms with Crippen molar-refractivity contribution in [3.8, 4) is 5.75 Å². The van der Waals surface area contributed by atoms with Gasteiger partial charge >= 0.3 is 12.0 Å². The molecule has 0 bridgehead atoms. The molecule has 0 saturated carbocycles. The van der Waals surface area contributed by atoms with Crippen molar-refractivity contribution in [1.29, 1.82) is 0 Å². The zero-order valence-electron chi connectivity index (χ0n) is 18.8. The molecule has 4 rings (SSSR count). The van der Waals surface area contributed by atoms with E-state index in [-0.39, 0.29) is 6.61 Å². The Kier molecular flexibility index (Phi) is 6.25. The summed E-state index contributed by atoms with van der Waals surface area (Å²) in [6.45, 7) is 3.18. The number of hydrogen-bond acceptors (Lipinski definition) is 7. The predicted octanol–water partition coefficient (Wildman–Crippen LogP) is 3.49. The zero-order chi connectivity index (χ0) is 24.5. The smallest absolute Gasteiger partial charge is 0.348 e. The van der Waals surface area contributed by atoms with Crippen LogP contribution in [0.15, 0.2) is 48.5 Å². The Morgan fingerprint density at radius 3 is 2.53 bits per heavy atom. The fourth-order valence-corrected chi connectivity index (χ4v) is 4.67. The first-order chi connectivity index (χ1) is 16.2. The molecule has 10 heteroatoms. The summed E-state index contributed by atoms with van der Waals surface area (Å²) in [7, 11) is 1.54. The fraction of sp³-hybridized carbons (Fsp3) is 0.250. The Balaban J connectivity index is 1.46. The van der Waals surface area contributed by atoms with Crippen LogP contribution in [0.25, 0.3) is 10.1 Å². The second kappa shape index (κ2) is 9.14. The van der Waals surface area contributed by atoms with E-state index in [9.17, 15) is 19.2 Å². The van der Waals surface area contributed by atoms with Crippen LogP contribution in [0.1, 0.15) is 29.1 Å². The topological polar surface area (TPSA) is 114 Å². The maximum Gasteiger partial charge on any atom is 0.348 e. The lowest BCUT2D eigenvalue weighted by molar-refractivity contribution is -0.133. The van der Waals surface area contributed by atoms with Crippen molar-refractivity contribution in [2.45, 2.75) is 19.4 Å². The second-order valence-corrected chi connectivity index (χ2v) is 8.89. The van der Waals surface area contributed by atoms with Gasteiger partial charge in [-0.3, -0.25) is 14.5 Å². The largest absolute Gasteiger partial charge is 0.497 e. The lowest BCUT2D eigenvalue weighted by Crippen LogP contribution is -2.42. The zero-order valence-corrected chi connectivity index (χ0v) is 19.7. The number of hydrogen-bond donors (Lipinski definition) is 2. The lowest BCUT2D eigenvalue weighted by Gasteiger charge is -2.22. The molecule has 2 aromatic carbocycles. The average molecular weight is 482 g/mol. The number of esters is 1. The molecule has 3 aromatic rings. The molecular formula is C24H23N3O6S. The standard InChI is InChI=1S/C24H23N3O6S/c1-4-33-21(29)19-12-14-11-16(7-10-18(14)34-19)25-20(28)13-27-22(30)24(2,26-23(27)31)15-5-8-17(32-3)9-6-15/h5-12H,4,13H2,1-3H3,(H,25,28)(H,26,31). The average Bonchev–Trinajstić information content (AvgIpc) is 3.34. The molecule has 176 valence electrons. The number of urea groups is 1. The molecule has 4 amide bonds. The molecule has 9 nitrogen and oxygen atoms in total. The highest BCUT2D eigenvalue weighted by atomic mass is 32.1. The van der Waals surface area contributed by atoms with E-state index in [2.05, 4.69) is 10.6 Å². The van der Waals surface area contributed by atoms with Crippen molar-refractivity contribution in [3.63, 3.8) is 0 Å². The van der Waals surface area contributed by atoms with Crippen LogP contribution in [0, 0.1) is 0 Å². The third-order valence-corrected chi connectivity index (χ3v) is 6.62. The van der Waals surface area contributed by atoms with Gasteiger partial charge in [0.15, 0.2) is 0 Å². The molecule has 0 spiro atoms. The molecule has 1 fully saturated rings. The van der Waals surface area contributed by atoms with E-state index < -0.39 is 35.9 Å². The molecule has 2 heterocycles. The summed E-state index contributed by atoms with van der Waals surface area (Å²) in [5, 5.41) is 6.15. The summed E-state index contributed by atoms with van der Waals surface area (Å²) in [6.07, 6.45) is 0. The number of thiophene rings is 1. The van der Waals surface area contributed by atoms with Gasteiger partial charge in [-0.2, -0.15) is 0 Å². The predicted molar refractivity (Wildman–Crippen MR) is 127 cm³/mol. The van der Waals surface area contributed by atoms with Gasteiger partial charge in [0.25, 0.3) is 5.91 Å². The van der Waals surface area contributed by atoms with Crippen molar-refractivity contribution in [2.75, 3.05) is 25.6 Å². The van der Waals surface area contributed by atoms with Gasteiger partial charge in [-0.15, -0.1) is 11.3 Å². The number of imide groups is 1. The Morgan fingerprint density at radius 2 is 1.85 bits per heavy atom. The number of carbonyl (C=O) groups is 4. The van der Waals surface area contributed by atoms with Crippen molar-refractivity contribution >= 4 is 50.9 Å². The van der Waals surface area contributed by atoms with Crippen molar-refractivity contribution in [2.24, 2.45) is 0 Å². The number of carbonyl (C=O) groups excluding carboxylic acids is 4. The molecule has 1 atom stereocenters. The van der Waals surface area contributed by atoms with Gasteiger partial charge in [0.1, 0.15) is 22.7 Å². The van der Waals surface area contributed by atoms with Crippen LogP contribution in [-0.2, 0) is 19.9 Å². The highest BCUT2D eigenvalue weighted by Gasteiger charge is 2.49. The minimum atomic E-state index is -1.29. The summed E-state index contributed by atoms with van der Waals surface area (Å²) in [6, 6.07) is 13.0. The summed E-state index contributed by atoms with van der Waals surface area (Å²) >= 11 is 1.30. The monoisotopic (exact) mass is 481 g/mol. The van der Waals surface area contributed by atoms with E-state index in [1.807, 2.05) is 0 Å². The third-order valence-electron chi connectivity index (χ3n) is 5.52. The number of benzene rings is 2. The number of anilines is 1. The second-order valence-electron chi connectivity index (χ2n) is 7.81. The lowest BCUT2D eigenvalue weighted by atomic mass is 9.92. The molecule has 1 aliphatic rings. The van der Waals surface area contributed by atoms with Crippen LogP contribution in [0.2, 0.25) is 0 Å². The molecule has 1 aliphatic heterocycles. The van der Waals surface area contributed by atoms with E-state index >= 15 is 0 Å². The van der Waals surface area contributed by atoms with Gasteiger partial charge in [0.2, 0.25) is 5.91 Å². The highest BCUT2D eigenvalue weighted by Crippen LogP contribution is 2.31. The maximum atomic E-state index is 13.1. The summed E-state index contributed by atoms with van der Waals surface area (Å²) in [4.78, 5) is 51.6. The SMILES string of the molecule is CCOC(=O)c1cc2cc(NC(=O)CN3C(=O)NC(C)(c4ccc(OC)cc4)C3=O)ccc2s1. The van der Waals surface area contributed by atoms with Crippen LogP contribution >= 0.6 is 11.3 Å². The van der Waals surface area contributed by atoms with Gasteiger partial charge in [0, 0.05) is 10.4 Å².